The summed E-state index contributed by atoms with van der Waals surface area (Å²) in [7, 11) is 0. The van der Waals surface area contributed by atoms with Crippen LogP contribution in [-0.2, 0) is 0 Å². The second-order valence-corrected chi connectivity index (χ2v) is 1.30. The van der Waals surface area contributed by atoms with Crippen molar-refractivity contribution in [3.8, 4) is 0 Å². The summed E-state index contributed by atoms with van der Waals surface area (Å²) in [5.74, 6) is 0. The van der Waals surface area contributed by atoms with Gasteiger partial charge in [-0.3, -0.25) is 9.78 Å². The van der Waals surface area contributed by atoms with Crippen LogP contribution in [0.3, 0.4) is 0 Å². The van der Waals surface area contributed by atoms with Gasteiger partial charge in [-0.2, -0.15) is 0 Å². The van der Waals surface area contributed by atoms with Crippen LogP contribution < -0.4 is 11.2 Å². The second kappa shape index (κ2) is 1.65. The fourth-order valence-electron chi connectivity index (χ4n) is 0.383. The minimum atomic E-state index is -0.475. The monoisotopic (exact) mass is 114 g/mol. The Balaban J connectivity index is 3.50. The quantitative estimate of drug-likeness (QED) is 0.457. The molecule has 1 aromatic rings. The zero-order valence-corrected chi connectivity index (χ0v) is 3.97. The van der Waals surface area contributed by atoms with Crippen molar-refractivity contribution in [3.05, 3.63) is 33.1 Å². The Kier molecular flexibility index (Phi) is 0.997. The molecule has 4 heteroatoms. The predicted octanol–water partition coefficient (Wildman–Crippen LogP) is -0.937. The standard InChI is InChI=1S/C4H4N2O2/c7-3-1-2-5-4(8)6-3/h1-2H,(H2,5,6,7,8)/i2+2. The van der Waals surface area contributed by atoms with E-state index in [1.165, 1.54) is 12.3 Å². The van der Waals surface area contributed by atoms with E-state index >= 15 is 0 Å². The third-order valence-electron chi connectivity index (χ3n) is 0.686. The lowest BCUT2D eigenvalue weighted by Gasteiger charge is -1.75. The van der Waals surface area contributed by atoms with Crippen LogP contribution in [0.25, 0.3) is 0 Å². The summed E-state index contributed by atoms with van der Waals surface area (Å²) in [6.07, 6.45) is 1.29. The maximum atomic E-state index is 10.2. The highest BCUT2D eigenvalue weighted by Crippen LogP contribution is 1.51. The third-order valence-corrected chi connectivity index (χ3v) is 0.686. The van der Waals surface area contributed by atoms with Crippen LogP contribution in [0, 0.1) is 0 Å². The van der Waals surface area contributed by atoms with Crippen LogP contribution in [0.4, 0.5) is 0 Å². The molecule has 0 aromatic carbocycles. The Morgan fingerprint density at radius 3 is 2.62 bits per heavy atom. The minimum Gasteiger partial charge on any atom is -0.314 e. The average molecular weight is 114 g/mol. The minimum absolute atomic E-state index is 0.381. The zero-order chi connectivity index (χ0) is 5.98. The molecule has 4 nitrogen and oxygen atoms in total. The Bertz CT molecular complexity index is 246. The van der Waals surface area contributed by atoms with Gasteiger partial charge in [-0.15, -0.1) is 0 Å². The average Bonchev–Trinajstić information content (AvgIpc) is 1.64. The lowest BCUT2D eigenvalue weighted by atomic mass is 10.9. The van der Waals surface area contributed by atoms with Gasteiger partial charge in [-0.1, -0.05) is 0 Å². The predicted molar refractivity (Wildman–Crippen MR) is 27.7 cm³/mol. The van der Waals surface area contributed by atoms with Gasteiger partial charge in [0.15, 0.2) is 0 Å². The van der Waals surface area contributed by atoms with E-state index in [1.54, 1.807) is 0 Å². The van der Waals surface area contributed by atoms with Gasteiger partial charge in [-0.25, -0.2) is 4.79 Å². The van der Waals surface area contributed by atoms with Crippen molar-refractivity contribution < 1.29 is 0 Å². The lowest BCUT2D eigenvalue weighted by Crippen LogP contribution is -2.19. The van der Waals surface area contributed by atoms with E-state index in [4.69, 9.17) is 0 Å². The number of nitrogens with one attached hydrogen (secondary N) is 2. The summed E-state index contributed by atoms with van der Waals surface area (Å²) in [5, 5.41) is 0. The fraction of sp³-hybridized carbons (Fsp3) is 0. The van der Waals surface area contributed by atoms with Gasteiger partial charge in [-0.05, 0) is 0 Å². The highest BCUT2D eigenvalue weighted by atomic mass is 16.2. The Morgan fingerprint density at radius 1 is 1.50 bits per heavy atom. The first-order valence-electron chi connectivity index (χ1n) is 2.07. The van der Waals surface area contributed by atoms with E-state index in [0.29, 0.717) is 0 Å². The molecule has 0 fully saturated rings. The number of hydrogen-bond acceptors (Lipinski definition) is 2. The lowest BCUT2D eigenvalue weighted by molar-refractivity contribution is 1.04. The summed E-state index contributed by atoms with van der Waals surface area (Å²) < 4.78 is 0. The number of hydrogen-bond donors (Lipinski definition) is 2. The molecular formula is C4H4N2O2. The van der Waals surface area contributed by atoms with E-state index in [-0.39, 0.29) is 5.56 Å². The van der Waals surface area contributed by atoms with E-state index < -0.39 is 5.69 Å². The Hall–Kier alpha value is -1.32. The maximum Gasteiger partial charge on any atom is 0.325 e. The molecule has 0 spiro atoms. The topological polar surface area (TPSA) is 65.7 Å². The van der Waals surface area contributed by atoms with Crippen molar-refractivity contribution in [1.29, 1.82) is 0 Å². The van der Waals surface area contributed by atoms with Gasteiger partial charge in [0.2, 0.25) is 0 Å². The highest BCUT2D eigenvalue weighted by molar-refractivity contribution is 4.77. The van der Waals surface area contributed by atoms with Crippen LogP contribution in [0.5, 0.6) is 0 Å². The summed E-state index contributed by atoms with van der Waals surface area (Å²) >= 11 is 0. The van der Waals surface area contributed by atoms with Crippen LogP contribution in [-0.4, -0.2) is 9.97 Å². The van der Waals surface area contributed by atoms with Gasteiger partial charge >= 0.3 is 5.69 Å². The molecule has 0 amide bonds. The number of rotatable bonds is 0. The summed E-state index contributed by atoms with van der Waals surface area (Å²) in [4.78, 5) is 24.7. The van der Waals surface area contributed by atoms with Gasteiger partial charge in [0.1, 0.15) is 0 Å². The SMILES string of the molecule is O=c1c[14cH][nH]c(=O)[nH]1. The molecule has 42 valence electrons. The third kappa shape index (κ3) is 0.841. The molecule has 8 heavy (non-hydrogen) atoms. The van der Waals surface area contributed by atoms with Crippen molar-refractivity contribution in [2.45, 2.75) is 0 Å². The fourth-order valence-corrected chi connectivity index (χ4v) is 0.383. The molecule has 1 rings (SSSR count). The van der Waals surface area contributed by atoms with Gasteiger partial charge in [0, 0.05) is 12.3 Å². The zero-order valence-electron chi connectivity index (χ0n) is 3.97. The molecule has 0 aliphatic heterocycles. The van der Waals surface area contributed by atoms with Crippen LogP contribution in [0.15, 0.2) is 21.9 Å². The van der Waals surface area contributed by atoms with Gasteiger partial charge < -0.3 is 4.98 Å². The van der Waals surface area contributed by atoms with E-state index in [1.807, 2.05) is 4.98 Å². The Morgan fingerprint density at radius 2 is 2.25 bits per heavy atom. The summed E-state index contributed by atoms with van der Waals surface area (Å²) in [6, 6.07) is 1.24. The van der Waals surface area contributed by atoms with Crippen molar-refractivity contribution >= 4 is 0 Å². The molecule has 0 radical (unpaired) electrons. The van der Waals surface area contributed by atoms with Crippen molar-refractivity contribution in [1.82, 2.24) is 9.97 Å². The largest absolute Gasteiger partial charge is 0.325 e. The normalized spacial score (nSPS) is 9.00. The maximum absolute atomic E-state index is 10.2. The summed E-state index contributed by atoms with van der Waals surface area (Å²) in [6.45, 7) is 0. The molecule has 2 N–H and O–H groups in total. The van der Waals surface area contributed by atoms with Crippen molar-refractivity contribution in [2.24, 2.45) is 0 Å². The van der Waals surface area contributed by atoms with E-state index in [2.05, 4.69) is 4.98 Å². The van der Waals surface area contributed by atoms with Crippen molar-refractivity contribution in [2.75, 3.05) is 0 Å². The molecule has 1 heterocycles. The Labute approximate surface area is 44.2 Å². The van der Waals surface area contributed by atoms with E-state index in [9.17, 15) is 9.59 Å². The molecule has 0 bridgehead atoms. The van der Waals surface area contributed by atoms with Gasteiger partial charge in [0.05, 0.1) is 0 Å². The van der Waals surface area contributed by atoms with Crippen LogP contribution in [0.2, 0.25) is 0 Å². The van der Waals surface area contributed by atoms with Crippen LogP contribution in [0.1, 0.15) is 0 Å². The number of H-pyrrole nitrogens is 2. The molecule has 0 atom stereocenters. The first-order chi connectivity index (χ1) is 3.79. The first-order valence-corrected chi connectivity index (χ1v) is 2.07. The molecule has 0 saturated carbocycles. The molecule has 0 aliphatic rings. The number of aromatic nitrogens is 2. The van der Waals surface area contributed by atoms with Gasteiger partial charge in [0.25, 0.3) is 5.56 Å². The number of aromatic amines is 2. The highest BCUT2D eigenvalue weighted by Gasteiger charge is 1.77. The second-order valence-electron chi connectivity index (χ2n) is 1.30. The first kappa shape index (κ1) is 4.83. The molecule has 0 saturated heterocycles. The molecule has 0 aliphatic carbocycles. The summed E-state index contributed by atoms with van der Waals surface area (Å²) in [5.41, 5.74) is -0.855. The smallest absolute Gasteiger partial charge is 0.314 e. The molecular weight excluding hydrogens is 110 g/mol. The van der Waals surface area contributed by atoms with Crippen molar-refractivity contribution in [3.63, 3.8) is 0 Å². The molecule has 0 unspecified atom stereocenters. The van der Waals surface area contributed by atoms with Crippen LogP contribution >= 0.6 is 0 Å². The molecule has 1 aromatic heterocycles. The van der Waals surface area contributed by atoms with E-state index in [0.717, 1.165) is 0 Å².